The number of carboxylic acids is 1. The van der Waals surface area contributed by atoms with E-state index in [0.717, 1.165) is 5.56 Å². The van der Waals surface area contributed by atoms with Crippen LogP contribution >= 0.6 is 0 Å². The third-order valence-corrected chi connectivity index (χ3v) is 3.82. The summed E-state index contributed by atoms with van der Waals surface area (Å²) in [6.07, 6.45) is -1.33. The topological polar surface area (TPSA) is 104 Å². The normalized spacial score (nSPS) is 15.1. The fraction of sp³-hybridized carbons (Fsp3) is 0.364. The van der Waals surface area contributed by atoms with Crippen LogP contribution in [0, 0.1) is 6.92 Å². The van der Waals surface area contributed by atoms with Gasteiger partial charge in [0.2, 0.25) is 10.0 Å². The lowest BCUT2D eigenvalue weighted by atomic mass is 10.2. The van der Waals surface area contributed by atoms with Crippen LogP contribution in [0.3, 0.4) is 0 Å². The number of sulfonamides is 1. The van der Waals surface area contributed by atoms with Crippen LogP contribution in [0.4, 0.5) is 0 Å². The molecule has 7 heteroatoms. The smallest absolute Gasteiger partial charge is 0.324 e. The summed E-state index contributed by atoms with van der Waals surface area (Å²) in [5, 5.41) is 18.0. The van der Waals surface area contributed by atoms with Crippen molar-refractivity contribution in [3.8, 4) is 0 Å². The summed E-state index contributed by atoms with van der Waals surface area (Å²) in [4.78, 5) is 10.8. The number of carboxylic acid groups (broad SMARTS) is 1. The van der Waals surface area contributed by atoms with Gasteiger partial charge >= 0.3 is 5.97 Å². The van der Waals surface area contributed by atoms with Crippen LogP contribution in [0.2, 0.25) is 0 Å². The van der Waals surface area contributed by atoms with Crippen molar-refractivity contribution in [2.75, 3.05) is 0 Å². The monoisotopic (exact) mass is 273 g/mol. The average molecular weight is 273 g/mol. The third-order valence-electron chi connectivity index (χ3n) is 2.36. The lowest BCUT2D eigenvalue weighted by Gasteiger charge is -2.17. The van der Waals surface area contributed by atoms with E-state index in [0.29, 0.717) is 0 Å². The Hall–Kier alpha value is -1.44. The molecular weight excluding hydrogens is 258 g/mol. The SMILES string of the molecule is Cc1ccc(S(=O)(=O)N[C@@H](C(=O)O)[C@H](C)O)cc1. The molecule has 0 amide bonds. The molecule has 0 spiro atoms. The van der Waals surface area contributed by atoms with Gasteiger partial charge in [0, 0.05) is 0 Å². The van der Waals surface area contributed by atoms with Gasteiger partial charge < -0.3 is 10.2 Å². The second-order valence-electron chi connectivity index (χ2n) is 3.99. The molecule has 0 aliphatic heterocycles. The van der Waals surface area contributed by atoms with Gasteiger partial charge in [-0.25, -0.2) is 8.42 Å². The lowest BCUT2D eigenvalue weighted by molar-refractivity contribution is -0.141. The molecule has 0 unspecified atom stereocenters. The van der Waals surface area contributed by atoms with Crippen molar-refractivity contribution in [2.24, 2.45) is 0 Å². The van der Waals surface area contributed by atoms with E-state index < -0.39 is 28.1 Å². The van der Waals surface area contributed by atoms with Gasteiger partial charge in [-0.2, -0.15) is 4.72 Å². The lowest BCUT2D eigenvalue weighted by Crippen LogP contribution is -2.47. The first-order valence-corrected chi connectivity index (χ1v) is 6.72. The molecule has 3 N–H and O–H groups in total. The summed E-state index contributed by atoms with van der Waals surface area (Å²) in [7, 11) is -3.96. The number of carbonyl (C=O) groups is 1. The van der Waals surface area contributed by atoms with Gasteiger partial charge in [0.1, 0.15) is 6.04 Å². The number of rotatable bonds is 5. The van der Waals surface area contributed by atoms with E-state index in [9.17, 15) is 18.3 Å². The number of aliphatic carboxylic acids is 1. The Morgan fingerprint density at radius 1 is 1.28 bits per heavy atom. The fourth-order valence-corrected chi connectivity index (χ4v) is 2.57. The summed E-state index contributed by atoms with van der Waals surface area (Å²) in [6.45, 7) is 3.01. The number of nitrogens with one attached hydrogen (secondary N) is 1. The van der Waals surface area contributed by atoms with Gasteiger partial charge in [-0.3, -0.25) is 4.79 Å². The molecule has 1 aromatic carbocycles. The predicted octanol–water partition coefficient (Wildman–Crippen LogP) is 0.107. The van der Waals surface area contributed by atoms with Crippen LogP contribution in [0.25, 0.3) is 0 Å². The Morgan fingerprint density at radius 3 is 2.17 bits per heavy atom. The molecule has 0 aromatic heterocycles. The van der Waals surface area contributed by atoms with Crippen LogP contribution in [0.1, 0.15) is 12.5 Å². The second-order valence-corrected chi connectivity index (χ2v) is 5.70. The van der Waals surface area contributed by atoms with Gasteiger partial charge in [0.25, 0.3) is 0 Å². The quantitative estimate of drug-likeness (QED) is 0.706. The Kier molecular flexibility index (Phi) is 4.44. The molecule has 0 radical (unpaired) electrons. The predicted molar refractivity (Wildman–Crippen MR) is 64.6 cm³/mol. The van der Waals surface area contributed by atoms with Crippen molar-refractivity contribution in [3.05, 3.63) is 29.8 Å². The maximum atomic E-state index is 11.9. The molecule has 0 saturated heterocycles. The molecule has 0 aliphatic rings. The van der Waals surface area contributed by atoms with Crippen LogP contribution < -0.4 is 4.72 Å². The van der Waals surface area contributed by atoms with Crippen LogP contribution in [0.5, 0.6) is 0 Å². The van der Waals surface area contributed by atoms with Gasteiger partial charge in [0.15, 0.2) is 0 Å². The van der Waals surface area contributed by atoms with Gasteiger partial charge in [-0.05, 0) is 26.0 Å². The van der Waals surface area contributed by atoms with Gasteiger partial charge in [0.05, 0.1) is 11.0 Å². The minimum atomic E-state index is -3.96. The Bertz CT molecular complexity index is 521. The minimum absolute atomic E-state index is 0.0417. The molecule has 6 nitrogen and oxygen atoms in total. The summed E-state index contributed by atoms with van der Waals surface area (Å²) in [5.41, 5.74) is 0.888. The van der Waals surface area contributed by atoms with E-state index in [4.69, 9.17) is 5.11 Å². The van der Waals surface area contributed by atoms with E-state index in [1.807, 2.05) is 4.72 Å². The maximum absolute atomic E-state index is 11.9. The zero-order chi connectivity index (χ0) is 13.9. The maximum Gasteiger partial charge on any atom is 0.324 e. The molecule has 1 rings (SSSR count). The zero-order valence-electron chi connectivity index (χ0n) is 9.99. The molecule has 18 heavy (non-hydrogen) atoms. The highest BCUT2D eigenvalue weighted by Crippen LogP contribution is 2.11. The summed E-state index contributed by atoms with van der Waals surface area (Å²) < 4.78 is 25.7. The number of benzene rings is 1. The van der Waals surface area contributed by atoms with Crippen molar-refractivity contribution in [1.29, 1.82) is 0 Å². The highest BCUT2D eigenvalue weighted by Gasteiger charge is 2.29. The van der Waals surface area contributed by atoms with Crippen molar-refractivity contribution in [1.82, 2.24) is 4.72 Å². The largest absolute Gasteiger partial charge is 0.480 e. The van der Waals surface area contributed by atoms with E-state index >= 15 is 0 Å². The fourth-order valence-electron chi connectivity index (χ4n) is 1.31. The molecule has 100 valence electrons. The van der Waals surface area contributed by atoms with Crippen molar-refractivity contribution < 1.29 is 23.4 Å². The molecular formula is C11H15NO5S. The number of hydrogen-bond acceptors (Lipinski definition) is 4. The molecule has 0 aliphatic carbocycles. The average Bonchev–Trinajstić information content (AvgIpc) is 2.26. The molecule has 0 heterocycles. The number of hydrogen-bond donors (Lipinski definition) is 3. The first kappa shape index (κ1) is 14.6. The minimum Gasteiger partial charge on any atom is -0.480 e. The van der Waals surface area contributed by atoms with Crippen molar-refractivity contribution in [3.63, 3.8) is 0 Å². The van der Waals surface area contributed by atoms with Crippen LogP contribution in [0.15, 0.2) is 29.2 Å². The van der Waals surface area contributed by atoms with Crippen molar-refractivity contribution >= 4 is 16.0 Å². The molecule has 0 fully saturated rings. The zero-order valence-corrected chi connectivity index (χ0v) is 10.8. The highest BCUT2D eigenvalue weighted by molar-refractivity contribution is 7.89. The Morgan fingerprint density at radius 2 is 1.78 bits per heavy atom. The van der Waals surface area contributed by atoms with Crippen LogP contribution in [-0.4, -0.2) is 36.7 Å². The highest BCUT2D eigenvalue weighted by atomic mass is 32.2. The van der Waals surface area contributed by atoms with Crippen LogP contribution in [-0.2, 0) is 14.8 Å². The van der Waals surface area contributed by atoms with E-state index in [2.05, 4.69) is 0 Å². The number of aliphatic hydroxyl groups excluding tert-OH is 1. The molecule has 0 saturated carbocycles. The molecule has 1 aromatic rings. The number of aliphatic hydroxyl groups is 1. The van der Waals surface area contributed by atoms with Gasteiger partial charge in [-0.15, -0.1) is 0 Å². The van der Waals surface area contributed by atoms with Crippen molar-refractivity contribution in [2.45, 2.75) is 30.9 Å². The summed E-state index contributed by atoms with van der Waals surface area (Å²) in [6, 6.07) is 4.38. The Balaban J connectivity index is 3.01. The first-order chi connectivity index (χ1) is 8.24. The third kappa shape index (κ3) is 3.52. The molecule has 2 atom stereocenters. The second kappa shape index (κ2) is 5.47. The van der Waals surface area contributed by atoms with E-state index in [1.165, 1.54) is 19.1 Å². The van der Waals surface area contributed by atoms with E-state index in [-0.39, 0.29) is 4.90 Å². The Labute approximate surface area is 105 Å². The summed E-state index contributed by atoms with van der Waals surface area (Å²) >= 11 is 0. The summed E-state index contributed by atoms with van der Waals surface area (Å²) in [5.74, 6) is -1.43. The van der Waals surface area contributed by atoms with E-state index in [1.54, 1.807) is 19.1 Å². The first-order valence-electron chi connectivity index (χ1n) is 5.24. The standard InChI is InChI=1S/C11H15NO5S/c1-7-3-5-9(6-4-7)18(16,17)12-10(8(2)13)11(14)15/h3-6,8,10,12-13H,1-2H3,(H,14,15)/t8-,10+/m0/s1. The molecule has 0 bridgehead atoms. The van der Waals surface area contributed by atoms with Gasteiger partial charge in [-0.1, -0.05) is 17.7 Å². The number of aryl methyl sites for hydroxylation is 1.